The number of hydrogen-bond acceptors (Lipinski definition) is 3. The van der Waals surface area contributed by atoms with Crippen LogP contribution in [0.2, 0.25) is 0 Å². The van der Waals surface area contributed by atoms with Gasteiger partial charge in [-0.2, -0.15) is 0 Å². The monoisotopic (exact) mass is 330 g/mol. The maximum absolute atomic E-state index is 12.7. The minimum absolute atomic E-state index is 0.0669. The highest BCUT2D eigenvalue weighted by atomic mass is 16.5. The average Bonchev–Trinajstić information content (AvgIpc) is 2.91. The molecule has 0 radical (unpaired) electrons. The van der Waals surface area contributed by atoms with E-state index in [9.17, 15) is 9.59 Å². The Kier molecular flexibility index (Phi) is 4.97. The zero-order valence-electron chi connectivity index (χ0n) is 14.2. The smallest absolute Gasteiger partial charge is 0.277 e. The summed E-state index contributed by atoms with van der Waals surface area (Å²) in [6.45, 7) is 5.02. The van der Waals surface area contributed by atoms with E-state index in [4.69, 9.17) is 4.74 Å². The summed E-state index contributed by atoms with van der Waals surface area (Å²) in [6.07, 6.45) is 0. The molecular weight excluding hydrogens is 306 g/mol. The number of amides is 1. The topological polar surface area (TPSA) is 66.8 Å². The number of quaternary nitrogens is 1. The molecule has 1 aromatic heterocycles. The number of Topliss-reactive ketones (excluding diaryl/α,β-unsaturated/α-hetero) is 1. The third-order valence-electron chi connectivity index (χ3n) is 4.45. The lowest BCUT2D eigenvalue weighted by Gasteiger charge is -2.27. The van der Waals surface area contributed by atoms with E-state index in [0.29, 0.717) is 39.4 Å². The van der Waals surface area contributed by atoms with Crippen LogP contribution in [0, 0.1) is 6.92 Å². The number of carbonyl (C=O) groups is 2. The Hall–Kier alpha value is -2.18. The van der Waals surface area contributed by atoms with Crippen LogP contribution in [0.5, 0.6) is 0 Å². The number of rotatable bonds is 5. The van der Waals surface area contributed by atoms with Crippen molar-refractivity contribution in [2.24, 2.45) is 0 Å². The maximum Gasteiger partial charge on any atom is 0.277 e. The Labute approximate surface area is 141 Å². The molecule has 3 rings (SSSR count). The molecule has 1 saturated heterocycles. The highest BCUT2D eigenvalue weighted by Crippen LogP contribution is 2.21. The number of likely N-dealkylation sites (N-methyl/N-ethyl adjacent to an activating group) is 1. The van der Waals surface area contributed by atoms with Crippen molar-refractivity contribution in [2.75, 3.05) is 46.4 Å². The molecule has 2 N–H and O–H groups in total. The summed E-state index contributed by atoms with van der Waals surface area (Å²) in [4.78, 5) is 31.0. The quantitative estimate of drug-likeness (QED) is 0.761. The van der Waals surface area contributed by atoms with Crippen LogP contribution in [0.25, 0.3) is 10.9 Å². The second-order valence-electron chi connectivity index (χ2n) is 6.40. The van der Waals surface area contributed by atoms with E-state index < -0.39 is 0 Å². The van der Waals surface area contributed by atoms with E-state index in [1.54, 1.807) is 0 Å². The van der Waals surface area contributed by atoms with Crippen molar-refractivity contribution in [1.29, 1.82) is 0 Å². The molecule has 1 aromatic carbocycles. The number of nitrogens with zero attached hydrogens (tertiary/aromatic N) is 1. The number of morpholine rings is 1. The predicted octanol–water partition coefficient (Wildman–Crippen LogP) is 0.0325. The molecule has 2 aromatic rings. The van der Waals surface area contributed by atoms with Crippen LogP contribution in [0.1, 0.15) is 16.1 Å². The molecule has 1 fully saturated rings. The first kappa shape index (κ1) is 16.7. The van der Waals surface area contributed by atoms with Crippen molar-refractivity contribution in [2.45, 2.75) is 6.92 Å². The number of aromatic nitrogens is 1. The lowest BCUT2D eigenvalue weighted by molar-refractivity contribution is -0.862. The minimum atomic E-state index is 0.0669. The number of ether oxygens (including phenoxy) is 1. The number of hydrogen-bond donors (Lipinski definition) is 2. The number of aromatic amines is 1. The Bertz CT molecular complexity index is 747. The van der Waals surface area contributed by atoms with Gasteiger partial charge in [0.25, 0.3) is 5.91 Å². The van der Waals surface area contributed by atoms with Gasteiger partial charge >= 0.3 is 0 Å². The fourth-order valence-corrected chi connectivity index (χ4v) is 3.24. The second kappa shape index (κ2) is 7.15. The summed E-state index contributed by atoms with van der Waals surface area (Å²) in [6, 6.07) is 7.81. The third-order valence-corrected chi connectivity index (χ3v) is 4.45. The molecule has 0 saturated carbocycles. The van der Waals surface area contributed by atoms with Crippen LogP contribution in [0.4, 0.5) is 0 Å². The lowest BCUT2D eigenvalue weighted by atomic mass is 10.1. The van der Waals surface area contributed by atoms with Gasteiger partial charge in [-0.05, 0) is 13.0 Å². The van der Waals surface area contributed by atoms with E-state index >= 15 is 0 Å². The largest absolute Gasteiger partial charge is 0.378 e. The number of ketones is 1. The van der Waals surface area contributed by atoms with E-state index in [1.807, 2.05) is 43.1 Å². The van der Waals surface area contributed by atoms with Crippen molar-refractivity contribution in [3.63, 3.8) is 0 Å². The molecule has 6 nitrogen and oxygen atoms in total. The van der Waals surface area contributed by atoms with Crippen molar-refractivity contribution in [3.05, 3.63) is 35.5 Å². The summed E-state index contributed by atoms with van der Waals surface area (Å²) in [7, 11) is 1.89. The molecule has 0 bridgehead atoms. The van der Waals surface area contributed by atoms with Crippen molar-refractivity contribution in [1.82, 2.24) is 9.88 Å². The van der Waals surface area contributed by atoms with Crippen molar-refractivity contribution < 1.29 is 19.2 Å². The lowest BCUT2D eigenvalue weighted by Crippen LogP contribution is -3.11. The molecule has 1 amide bonds. The van der Waals surface area contributed by atoms with Crippen LogP contribution < -0.4 is 4.90 Å². The summed E-state index contributed by atoms with van der Waals surface area (Å²) in [5.74, 6) is 0.150. The summed E-state index contributed by atoms with van der Waals surface area (Å²) < 4.78 is 5.26. The zero-order valence-corrected chi connectivity index (χ0v) is 14.2. The van der Waals surface area contributed by atoms with E-state index in [0.717, 1.165) is 27.1 Å². The number of para-hydroxylation sites is 1. The molecule has 1 unspecified atom stereocenters. The van der Waals surface area contributed by atoms with E-state index in [1.165, 1.54) is 0 Å². The molecule has 2 heterocycles. The Morgan fingerprint density at radius 3 is 2.67 bits per heavy atom. The molecule has 0 spiro atoms. The van der Waals surface area contributed by atoms with Gasteiger partial charge in [-0.25, -0.2) is 0 Å². The first-order valence-electron chi connectivity index (χ1n) is 8.33. The Morgan fingerprint density at radius 1 is 1.21 bits per heavy atom. The molecule has 0 aliphatic carbocycles. The first-order valence-corrected chi connectivity index (χ1v) is 8.33. The van der Waals surface area contributed by atoms with Crippen LogP contribution in [0.3, 0.4) is 0 Å². The number of carbonyl (C=O) groups excluding carboxylic acids is 2. The molecular formula is C18H24N3O3+. The first-order chi connectivity index (χ1) is 11.6. The van der Waals surface area contributed by atoms with Gasteiger partial charge < -0.3 is 19.5 Å². The minimum Gasteiger partial charge on any atom is -0.378 e. The molecule has 1 aliphatic rings. The van der Waals surface area contributed by atoms with Crippen molar-refractivity contribution in [3.8, 4) is 0 Å². The zero-order chi connectivity index (χ0) is 17.1. The fourth-order valence-electron chi connectivity index (χ4n) is 3.24. The standard InChI is InChI=1S/C18H23N3O3/c1-13-18(14-5-3-4-6-15(14)19-13)16(22)11-20(2)12-17(23)21-7-9-24-10-8-21/h3-6,19H,7-12H2,1-2H3/p+1. The average molecular weight is 330 g/mol. The third kappa shape index (κ3) is 3.49. The summed E-state index contributed by atoms with van der Waals surface area (Å²) in [5.41, 5.74) is 2.60. The molecule has 128 valence electrons. The summed E-state index contributed by atoms with van der Waals surface area (Å²) >= 11 is 0. The molecule has 24 heavy (non-hydrogen) atoms. The van der Waals surface area contributed by atoms with Gasteiger partial charge in [0.2, 0.25) is 5.78 Å². The molecule has 1 aliphatic heterocycles. The molecule has 6 heteroatoms. The van der Waals surface area contributed by atoms with Gasteiger partial charge in [0.1, 0.15) is 6.54 Å². The van der Waals surface area contributed by atoms with Gasteiger partial charge in [-0.1, -0.05) is 18.2 Å². The second-order valence-corrected chi connectivity index (χ2v) is 6.40. The van der Waals surface area contributed by atoms with Gasteiger partial charge in [-0.3, -0.25) is 9.59 Å². The van der Waals surface area contributed by atoms with Crippen LogP contribution in [-0.4, -0.2) is 68.0 Å². The maximum atomic E-state index is 12.7. The highest BCUT2D eigenvalue weighted by molar-refractivity contribution is 6.09. The number of H-pyrrole nitrogens is 1. The normalized spacial score (nSPS) is 16.3. The Balaban J connectivity index is 1.65. The van der Waals surface area contributed by atoms with E-state index in [2.05, 4.69) is 4.98 Å². The highest BCUT2D eigenvalue weighted by Gasteiger charge is 2.23. The number of fused-ring (bicyclic) bond motifs is 1. The number of benzene rings is 1. The molecule has 1 atom stereocenters. The Morgan fingerprint density at radius 2 is 1.92 bits per heavy atom. The number of aryl methyl sites for hydroxylation is 1. The summed E-state index contributed by atoms with van der Waals surface area (Å²) in [5, 5.41) is 0.951. The van der Waals surface area contributed by atoms with Crippen molar-refractivity contribution >= 4 is 22.6 Å². The predicted molar refractivity (Wildman–Crippen MR) is 91.4 cm³/mol. The van der Waals surface area contributed by atoms with Crippen LogP contribution >= 0.6 is 0 Å². The van der Waals surface area contributed by atoms with Gasteiger partial charge in [0.05, 0.1) is 25.8 Å². The SMILES string of the molecule is Cc1[nH]c2ccccc2c1C(=O)C[NH+](C)CC(=O)N1CCOCC1. The van der Waals surface area contributed by atoms with E-state index in [-0.39, 0.29) is 11.7 Å². The van der Waals surface area contributed by atoms with Gasteiger partial charge in [0, 0.05) is 29.7 Å². The van der Waals surface area contributed by atoms with Crippen LogP contribution in [0.15, 0.2) is 24.3 Å². The number of nitrogens with one attached hydrogen (secondary N) is 2. The van der Waals surface area contributed by atoms with Gasteiger partial charge in [-0.15, -0.1) is 0 Å². The van der Waals surface area contributed by atoms with Gasteiger partial charge in [0.15, 0.2) is 6.54 Å². The fraction of sp³-hybridized carbons (Fsp3) is 0.444. The van der Waals surface area contributed by atoms with Crippen LogP contribution in [-0.2, 0) is 9.53 Å².